The summed E-state index contributed by atoms with van der Waals surface area (Å²) in [5, 5.41) is 9.04. The highest BCUT2D eigenvalue weighted by molar-refractivity contribution is 6.30. The van der Waals surface area contributed by atoms with Gasteiger partial charge in [-0.1, -0.05) is 17.7 Å². The van der Waals surface area contributed by atoms with Crippen LogP contribution in [0, 0.1) is 17.1 Å². The van der Waals surface area contributed by atoms with Gasteiger partial charge in [-0.2, -0.15) is 5.26 Å². The Morgan fingerprint density at radius 3 is 2.81 bits per heavy atom. The number of hydrogen-bond acceptors (Lipinski definition) is 2. The highest BCUT2D eigenvalue weighted by Gasteiger charge is 2.16. The fourth-order valence-corrected chi connectivity index (χ4v) is 2.57. The molecule has 0 unspecified atom stereocenters. The number of alkyl halides is 1. The highest BCUT2D eigenvalue weighted by Crippen LogP contribution is 2.28. The van der Waals surface area contributed by atoms with Gasteiger partial charge in [-0.15, -0.1) is 11.6 Å². The van der Waals surface area contributed by atoms with Crippen LogP contribution in [0.4, 0.5) is 4.39 Å². The summed E-state index contributed by atoms with van der Waals surface area (Å²) < 4.78 is 15.9. The van der Waals surface area contributed by atoms with Crippen molar-refractivity contribution in [3.63, 3.8) is 0 Å². The molecule has 1 aromatic heterocycles. The van der Waals surface area contributed by atoms with Crippen LogP contribution in [0.2, 0.25) is 5.02 Å². The van der Waals surface area contributed by atoms with Gasteiger partial charge in [0.1, 0.15) is 5.82 Å². The number of imidazole rings is 1. The number of nitrogens with zero attached hydrogens (tertiary/aromatic N) is 3. The SMILES string of the molecule is N#Cc1ccc2nc(CCl)n(-c3cccc(Cl)c3F)c2c1. The summed E-state index contributed by atoms with van der Waals surface area (Å²) in [7, 11) is 0. The molecule has 0 aliphatic heterocycles. The zero-order chi connectivity index (χ0) is 15.0. The van der Waals surface area contributed by atoms with Gasteiger partial charge >= 0.3 is 0 Å². The van der Waals surface area contributed by atoms with Gasteiger partial charge < -0.3 is 0 Å². The minimum absolute atomic E-state index is 0.0197. The Morgan fingerprint density at radius 2 is 2.10 bits per heavy atom. The van der Waals surface area contributed by atoms with Gasteiger partial charge in [0, 0.05) is 0 Å². The van der Waals surface area contributed by atoms with E-state index < -0.39 is 5.82 Å². The molecule has 3 nitrogen and oxygen atoms in total. The highest BCUT2D eigenvalue weighted by atomic mass is 35.5. The predicted molar refractivity (Wildman–Crippen MR) is 80.3 cm³/mol. The van der Waals surface area contributed by atoms with Crippen LogP contribution in [-0.4, -0.2) is 9.55 Å². The van der Waals surface area contributed by atoms with Crippen LogP contribution in [0.25, 0.3) is 16.7 Å². The molecule has 0 radical (unpaired) electrons. The molecule has 2 aromatic carbocycles. The number of rotatable bonds is 2. The minimum atomic E-state index is -0.549. The molecule has 0 saturated heterocycles. The molecule has 6 heteroatoms. The normalized spacial score (nSPS) is 10.8. The molecule has 104 valence electrons. The van der Waals surface area contributed by atoms with E-state index in [-0.39, 0.29) is 16.6 Å². The Labute approximate surface area is 130 Å². The number of halogens is 3. The van der Waals surface area contributed by atoms with Gasteiger partial charge in [-0.05, 0) is 30.3 Å². The molecule has 0 saturated carbocycles. The lowest BCUT2D eigenvalue weighted by molar-refractivity contribution is 0.618. The summed E-state index contributed by atoms with van der Waals surface area (Å²) in [5.41, 5.74) is 1.98. The largest absolute Gasteiger partial charge is 0.292 e. The Bertz CT molecular complexity index is 880. The van der Waals surface area contributed by atoms with Crippen LogP contribution in [0.15, 0.2) is 36.4 Å². The van der Waals surface area contributed by atoms with Crippen molar-refractivity contribution >= 4 is 34.2 Å². The molecular weight excluding hydrogens is 312 g/mol. The first-order valence-corrected chi connectivity index (χ1v) is 6.98. The van der Waals surface area contributed by atoms with Crippen molar-refractivity contribution in [2.24, 2.45) is 0 Å². The third-order valence-corrected chi connectivity index (χ3v) is 3.68. The van der Waals surface area contributed by atoms with Crippen molar-refractivity contribution in [2.75, 3.05) is 0 Å². The summed E-state index contributed by atoms with van der Waals surface area (Å²) in [6, 6.07) is 11.8. The maximum atomic E-state index is 14.3. The monoisotopic (exact) mass is 319 g/mol. The molecule has 1 heterocycles. The van der Waals surface area contributed by atoms with Crippen molar-refractivity contribution in [1.82, 2.24) is 9.55 Å². The molecule has 0 N–H and O–H groups in total. The number of aromatic nitrogens is 2. The summed E-state index contributed by atoms with van der Waals surface area (Å²) in [5.74, 6) is 0.0535. The molecular formula is C15H8Cl2FN3. The van der Waals surface area contributed by atoms with E-state index >= 15 is 0 Å². The maximum Gasteiger partial charge on any atom is 0.165 e. The lowest BCUT2D eigenvalue weighted by atomic mass is 10.2. The quantitative estimate of drug-likeness (QED) is 0.656. The number of hydrogen-bond donors (Lipinski definition) is 0. The molecule has 0 aliphatic carbocycles. The van der Waals surface area contributed by atoms with Crippen molar-refractivity contribution in [3.8, 4) is 11.8 Å². The summed E-state index contributed by atoms with van der Waals surface area (Å²) >= 11 is 11.8. The van der Waals surface area contributed by atoms with Crippen LogP contribution in [0.3, 0.4) is 0 Å². The predicted octanol–water partition coefficient (Wildman–Crippen LogP) is 4.43. The Morgan fingerprint density at radius 1 is 1.29 bits per heavy atom. The molecule has 0 aliphatic rings. The summed E-state index contributed by atoms with van der Waals surface area (Å²) in [6.45, 7) is 0. The second kappa shape index (κ2) is 5.36. The van der Waals surface area contributed by atoms with E-state index in [2.05, 4.69) is 11.1 Å². The van der Waals surface area contributed by atoms with Crippen LogP contribution in [-0.2, 0) is 5.88 Å². The van der Waals surface area contributed by atoms with Crippen LogP contribution in [0.5, 0.6) is 0 Å². The molecule has 21 heavy (non-hydrogen) atoms. The summed E-state index contributed by atoms with van der Waals surface area (Å²) in [6.07, 6.45) is 0. The van der Waals surface area contributed by atoms with E-state index in [4.69, 9.17) is 28.5 Å². The van der Waals surface area contributed by atoms with Gasteiger partial charge in [0.15, 0.2) is 5.82 Å². The van der Waals surface area contributed by atoms with Crippen molar-refractivity contribution in [3.05, 3.63) is 58.6 Å². The fourth-order valence-electron chi connectivity index (χ4n) is 2.22. The number of fused-ring (bicyclic) bond motifs is 1. The van der Waals surface area contributed by atoms with Gasteiger partial charge in [-0.3, -0.25) is 4.57 Å². The summed E-state index contributed by atoms with van der Waals surface area (Å²) in [4.78, 5) is 4.37. The average Bonchev–Trinajstić information content (AvgIpc) is 2.87. The van der Waals surface area contributed by atoms with Gasteiger partial charge in [0.2, 0.25) is 0 Å². The van der Waals surface area contributed by atoms with E-state index in [0.29, 0.717) is 22.4 Å². The zero-order valence-corrected chi connectivity index (χ0v) is 12.2. The third kappa shape index (κ3) is 2.25. The Balaban J connectivity index is 2.39. The second-order valence-electron chi connectivity index (χ2n) is 4.39. The molecule has 0 amide bonds. The zero-order valence-electron chi connectivity index (χ0n) is 10.6. The maximum absolute atomic E-state index is 14.3. The Hall–Kier alpha value is -2.09. The van der Waals surface area contributed by atoms with Crippen LogP contribution >= 0.6 is 23.2 Å². The minimum Gasteiger partial charge on any atom is -0.292 e. The van der Waals surface area contributed by atoms with E-state index in [1.807, 2.05) is 0 Å². The molecule has 3 aromatic rings. The Kier molecular flexibility index (Phi) is 3.54. The lowest BCUT2D eigenvalue weighted by Crippen LogP contribution is -2.02. The van der Waals surface area contributed by atoms with Gasteiger partial charge in [-0.25, -0.2) is 9.37 Å². The standard InChI is InChI=1S/C15H8Cl2FN3/c16-7-14-20-11-5-4-9(8-19)6-13(11)21(14)12-3-1-2-10(17)15(12)18/h1-6H,7H2. The molecule has 3 rings (SSSR count). The molecule has 0 fully saturated rings. The van der Waals surface area contributed by atoms with E-state index in [9.17, 15) is 4.39 Å². The van der Waals surface area contributed by atoms with Crippen molar-refractivity contribution in [2.45, 2.75) is 5.88 Å². The fraction of sp³-hybridized carbons (Fsp3) is 0.0667. The number of nitriles is 1. The first-order chi connectivity index (χ1) is 10.2. The van der Waals surface area contributed by atoms with E-state index in [1.54, 1.807) is 34.9 Å². The van der Waals surface area contributed by atoms with Crippen molar-refractivity contribution in [1.29, 1.82) is 5.26 Å². The number of benzene rings is 2. The second-order valence-corrected chi connectivity index (χ2v) is 5.06. The average molecular weight is 320 g/mol. The molecule has 0 spiro atoms. The molecule has 0 atom stereocenters. The van der Waals surface area contributed by atoms with Gasteiger partial charge in [0.25, 0.3) is 0 Å². The molecule has 0 bridgehead atoms. The van der Waals surface area contributed by atoms with E-state index in [1.165, 1.54) is 6.07 Å². The van der Waals surface area contributed by atoms with Crippen molar-refractivity contribution < 1.29 is 4.39 Å². The lowest BCUT2D eigenvalue weighted by Gasteiger charge is -2.10. The van der Waals surface area contributed by atoms with Crippen LogP contribution in [0.1, 0.15) is 11.4 Å². The van der Waals surface area contributed by atoms with Crippen LogP contribution < -0.4 is 0 Å². The van der Waals surface area contributed by atoms with Gasteiger partial charge in [0.05, 0.1) is 39.3 Å². The first kappa shape index (κ1) is 13.9. The first-order valence-electron chi connectivity index (χ1n) is 6.07. The van der Waals surface area contributed by atoms with E-state index in [0.717, 1.165) is 0 Å². The topological polar surface area (TPSA) is 41.6 Å². The third-order valence-electron chi connectivity index (χ3n) is 3.14. The smallest absolute Gasteiger partial charge is 0.165 e.